The maximum Gasteiger partial charge on any atom is 0.205 e. The van der Waals surface area contributed by atoms with Gasteiger partial charge in [0.2, 0.25) is 5.88 Å². The van der Waals surface area contributed by atoms with E-state index in [1.165, 1.54) is 19.2 Å². The van der Waals surface area contributed by atoms with Gasteiger partial charge in [-0.1, -0.05) is 31.9 Å². The van der Waals surface area contributed by atoms with Crippen LogP contribution in [-0.4, -0.2) is 31.3 Å². The third-order valence-electron chi connectivity index (χ3n) is 5.98. The lowest BCUT2D eigenvalue weighted by Gasteiger charge is -2.29. The standard InChI is InChI=1S/C24H23N7O.C4H8/c1-15(2)30-23(18-11-28-13-29-12-18)21-16(3)32-24(26)20(10-25)22(21)17-4-6-19(7-5-17)31-9-8-27-14-31;1-4-2-3-4/h4-9,11-15,22H,26H2,1-3H3;4H,2-3H2,1H3. The highest BCUT2D eigenvalue weighted by molar-refractivity contribution is 6.14. The van der Waals surface area contributed by atoms with Crippen LogP contribution in [-0.2, 0) is 4.74 Å². The number of hydrogen-bond acceptors (Lipinski definition) is 7. The molecule has 184 valence electrons. The Hall–Kier alpha value is -4.25. The van der Waals surface area contributed by atoms with Gasteiger partial charge in [0.25, 0.3) is 0 Å². The predicted molar refractivity (Wildman–Crippen MR) is 139 cm³/mol. The molecule has 0 spiro atoms. The molecular weight excluding hydrogens is 450 g/mol. The van der Waals surface area contributed by atoms with Gasteiger partial charge in [0.1, 0.15) is 23.7 Å². The van der Waals surface area contributed by atoms with Crippen molar-refractivity contribution in [2.24, 2.45) is 16.6 Å². The Morgan fingerprint density at radius 3 is 2.36 bits per heavy atom. The molecule has 0 bridgehead atoms. The van der Waals surface area contributed by atoms with E-state index in [1.54, 1.807) is 24.9 Å². The zero-order valence-corrected chi connectivity index (χ0v) is 21.1. The van der Waals surface area contributed by atoms with Gasteiger partial charge in [0.05, 0.1) is 18.0 Å². The molecule has 3 heterocycles. The third kappa shape index (κ3) is 5.69. The monoisotopic (exact) mass is 481 g/mol. The molecule has 0 saturated heterocycles. The molecule has 1 aliphatic heterocycles. The maximum absolute atomic E-state index is 9.97. The first kappa shape index (κ1) is 24.9. The van der Waals surface area contributed by atoms with Crippen LogP contribution >= 0.6 is 0 Å². The molecule has 1 aliphatic carbocycles. The highest BCUT2D eigenvalue weighted by atomic mass is 16.5. The molecule has 5 rings (SSSR count). The summed E-state index contributed by atoms with van der Waals surface area (Å²) in [6.45, 7) is 8.10. The van der Waals surface area contributed by atoms with Crippen LogP contribution in [0.2, 0.25) is 0 Å². The maximum atomic E-state index is 9.97. The smallest absolute Gasteiger partial charge is 0.205 e. The van der Waals surface area contributed by atoms with Gasteiger partial charge in [-0.05, 0) is 44.4 Å². The van der Waals surface area contributed by atoms with Gasteiger partial charge in [0, 0.05) is 47.7 Å². The number of allylic oxidation sites excluding steroid dienone is 3. The lowest BCUT2D eigenvalue weighted by molar-refractivity contribution is 0.283. The number of ether oxygens (including phenoxy) is 1. The van der Waals surface area contributed by atoms with Crippen molar-refractivity contribution in [3.05, 3.63) is 95.6 Å². The molecule has 1 fully saturated rings. The third-order valence-corrected chi connectivity index (χ3v) is 5.98. The summed E-state index contributed by atoms with van der Waals surface area (Å²) < 4.78 is 7.72. The molecule has 0 amide bonds. The van der Waals surface area contributed by atoms with E-state index in [1.807, 2.05) is 55.8 Å². The Balaban J connectivity index is 0.000000692. The lowest BCUT2D eigenvalue weighted by Crippen LogP contribution is -2.25. The second-order valence-corrected chi connectivity index (χ2v) is 9.34. The number of benzene rings is 1. The van der Waals surface area contributed by atoms with Crippen LogP contribution in [0.15, 0.2) is 89.5 Å². The van der Waals surface area contributed by atoms with E-state index in [0.29, 0.717) is 17.0 Å². The quantitative estimate of drug-likeness (QED) is 0.510. The highest BCUT2D eigenvalue weighted by Gasteiger charge is 2.35. The largest absolute Gasteiger partial charge is 0.445 e. The van der Waals surface area contributed by atoms with Gasteiger partial charge >= 0.3 is 0 Å². The summed E-state index contributed by atoms with van der Waals surface area (Å²) in [6.07, 6.45) is 13.2. The van der Waals surface area contributed by atoms with Crippen molar-refractivity contribution in [2.75, 3.05) is 0 Å². The Morgan fingerprint density at radius 1 is 1.17 bits per heavy atom. The minimum atomic E-state index is -0.441. The van der Waals surface area contributed by atoms with E-state index in [2.05, 4.69) is 27.9 Å². The van der Waals surface area contributed by atoms with Crippen LogP contribution in [0, 0.1) is 17.2 Å². The summed E-state index contributed by atoms with van der Waals surface area (Å²) in [5.74, 6) is 1.34. The number of nitrogens with two attached hydrogens (primary N) is 1. The number of nitriles is 1. The van der Waals surface area contributed by atoms with Crippen LogP contribution in [0.5, 0.6) is 0 Å². The highest BCUT2D eigenvalue weighted by Crippen LogP contribution is 2.41. The molecule has 1 atom stereocenters. The van der Waals surface area contributed by atoms with Crippen LogP contribution < -0.4 is 5.73 Å². The second-order valence-electron chi connectivity index (χ2n) is 9.34. The first-order valence-electron chi connectivity index (χ1n) is 12.1. The van der Waals surface area contributed by atoms with Gasteiger partial charge in [-0.25, -0.2) is 15.0 Å². The van der Waals surface area contributed by atoms with Crippen molar-refractivity contribution >= 4 is 5.71 Å². The fourth-order valence-corrected chi connectivity index (χ4v) is 3.92. The topological polar surface area (TPSA) is 115 Å². The summed E-state index contributed by atoms with van der Waals surface area (Å²) >= 11 is 0. The molecule has 1 saturated carbocycles. The average molecular weight is 482 g/mol. The molecule has 1 aromatic carbocycles. The lowest BCUT2D eigenvalue weighted by atomic mass is 9.79. The zero-order chi connectivity index (χ0) is 25.7. The second kappa shape index (κ2) is 11.0. The Kier molecular flexibility index (Phi) is 7.59. The summed E-state index contributed by atoms with van der Waals surface area (Å²) in [4.78, 5) is 17.3. The van der Waals surface area contributed by atoms with E-state index < -0.39 is 5.92 Å². The first-order valence-corrected chi connectivity index (χ1v) is 12.1. The molecule has 3 aromatic rings. The van der Waals surface area contributed by atoms with E-state index in [4.69, 9.17) is 15.5 Å². The Morgan fingerprint density at radius 2 is 1.83 bits per heavy atom. The molecule has 0 radical (unpaired) electrons. The van der Waals surface area contributed by atoms with Crippen molar-refractivity contribution in [3.63, 3.8) is 0 Å². The molecule has 36 heavy (non-hydrogen) atoms. The van der Waals surface area contributed by atoms with Gasteiger partial charge in [-0.2, -0.15) is 5.26 Å². The number of hydrogen-bond donors (Lipinski definition) is 1. The van der Waals surface area contributed by atoms with Crippen LogP contribution in [0.4, 0.5) is 0 Å². The van der Waals surface area contributed by atoms with Crippen LogP contribution in [0.1, 0.15) is 57.6 Å². The molecule has 2 N–H and O–H groups in total. The van der Waals surface area contributed by atoms with Crippen LogP contribution in [0.3, 0.4) is 0 Å². The van der Waals surface area contributed by atoms with Crippen molar-refractivity contribution in [3.8, 4) is 11.8 Å². The summed E-state index contributed by atoms with van der Waals surface area (Å²) in [5, 5.41) is 9.97. The van der Waals surface area contributed by atoms with Gasteiger partial charge in [-0.15, -0.1) is 0 Å². The molecule has 8 heteroatoms. The fourth-order valence-electron chi connectivity index (χ4n) is 3.92. The van der Waals surface area contributed by atoms with Crippen molar-refractivity contribution < 1.29 is 4.74 Å². The van der Waals surface area contributed by atoms with E-state index >= 15 is 0 Å². The summed E-state index contributed by atoms with van der Waals surface area (Å²) in [5.41, 5.74) is 10.5. The molecule has 2 aromatic heterocycles. The summed E-state index contributed by atoms with van der Waals surface area (Å²) in [6, 6.07) is 10.2. The van der Waals surface area contributed by atoms with Gasteiger partial charge in [-0.3, -0.25) is 4.99 Å². The van der Waals surface area contributed by atoms with Gasteiger partial charge < -0.3 is 15.0 Å². The van der Waals surface area contributed by atoms with Gasteiger partial charge in [0.15, 0.2) is 0 Å². The Labute approximate surface area is 211 Å². The van der Waals surface area contributed by atoms with E-state index in [0.717, 1.165) is 28.3 Å². The number of aliphatic imine (C=N–C) groups is 1. The van der Waals surface area contributed by atoms with E-state index in [-0.39, 0.29) is 11.9 Å². The van der Waals surface area contributed by atoms with Crippen molar-refractivity contribution in [1.29, 1.82) is 5.26 Å². The number of nitrogens with zero attached hydrogens (tertiary/aromatic N) is 6. The fraction of sp³-hybridized carbons (Fsp3) is 0.321. The van der Waals surface area contributed by atoms with E-state index in [9.17, 15) is 5.26 Å². The predicted octanol–water partition coefficient (Wildman–Crippen LogP) is 5.06. The molecule has 8 nitrogen and oxygen atoms in total. The molecular formula is C28H31N7O. The van der Waals surface area contributed by atoms with Crippen molar-refractivity contribution in [1.82, 2.24) is 19.5 Å². The SMILES string of the molecule is CC1=C(C(=NC(C)C)c2cncnc2)C(c2ccc(-n3ccnc3)cc2)C(C#N)=C(N)O1.CC1CC1. The molecule has 2 aliphatic rings. The number of imidazole rings is 1. The molecule has 1 unspecified atom stereocenters. The average Bonchev–Trinajstić information content (AvgIpc) is 3.46. The number of aromatic nitrogens is 4. The minimum Gasteiger partial charge on any atom is -0.445 e. The van der Waals surface area contributed by atoms with Crippen LogP contribution in [0.25, 0.3) is 5.69 Å². The Bertz CT molecular complexity index is 1310. The first-order chi connectivity index (χ1) is 17.4. The van der Waals surface area contributed by atoms with Crippen molar-refractivity contribution in [2.45, 2.75) is 52.5 Å². The normalized spacial score (nSPS) is 17.9. The zero-order valence-electron chi connectivity index (χ0n) is 21.1. The summed E-state index contributed by atoms with van der Waals surface area (Å²) in [7, 11) is 0. The minimum absolute atomic E-state index is 0.00330. The number of rotatable bonds is 5.